The van der Waals surface area contributed by atoms with E-state index in [4.69, 9.17) is 33.1 Å². The molecule has 0 saturated carbocycles. The van der Waals surface area contributed by atoms with Crippen LogP contribution in [0.4, 0.5) is 0 Å². The Labute approximate surface area is 217 Å². The zero-order valence-electron chi connectivity index (χ0n) is 19.5. The monoisotopic (exact) mass is 557 g/mol. The van der Waals surface area contributed by atoms with Gasteiger partial charge in [0.25, 0.3) is 11.5 Å². The molecule has 3 aromatic rings. The molecule has 0 fully saturated rings. The zero-order valence-corrected chi connectivity index (χ0v) is 21.8. The lowest BCUT2D eigenvalue weighted by atomic mass is 10.1. The van der Waals surface area contributed by atoms with E-state index in [1.807, 2.05) is 0 Å². The molecule has 1 amide bonds. The van der Waals surface area contributed by atoms with Gasteiger partial charge in [0.05, 0.1) is 11.6 Å². The zero-order chi connectivity index (χ0) is 26.5. The number of ether oxygens (including phenoxy) is 1. The molecule has 1 aromatic carbocycles. The summed E-state index contributed by atoms with van der Waals surface area (Å²) in [6.07, 6.45) is 5.88. The molecule has 0 radical (unpaired) electrons. The smallest absolute Gasteiger partial charge is 0.264 e. The van der Waals surface area contributed by atoms with Gasteiger partial charge in [-0.1, -0.05) is 23.2 Å². The van der Waals surface area contributed by atoms with E-state index < -0.39 is 26.1 Å². The molecular weight excluding hydrogens is 533 g/mol. The molecule has 194 valence electrons. The molecule has 36 heavy (non-hydrogen) atoms. The number of carbonyl (C=O) groups is 1. The van der Waals surface area contributed by atoms with Crippen molar-refractivity contribution in [1.82, 2.24) is 24.8 Å². The molecule has 0 aliphatic rings. The van der Waals surface area contributed by atoms with Crippen molar-refractivity contribution in [1.29, 1.82) is 0 Å². The van der Waals surface area contributed by atoms with Crippen LogP contribution >= 0.6 is 23.2 Å². The average molecular weight is 558 g/mol. The third kappa shape index (κ3) is 6.06. The summed E-state index contributed by atoms with van der Waals surface area (Å²) in [5.74, 6) is -0.670. The summed E-state index contributed by atoms with van der Waals surface area (Å²) >= 11 is 12.9. The second-order valence-corrected chi connectivity index (χ2v) is 11.4. The van der Waals surface area contributed by atoms with Crippen LogP contribution in [0.2, 0.25) is 10.0 Å². The number of carbonyl (C=O) groups excluding carboxylic acids is 1. The maximum absolute atomic E-state index is 12.7. The van der Waals surface area contributed by atoms with E-state index in [0.29, 0.717) is 36.4 Å². The van der Waals surface area contributed by atoms with Gasteiger partial charge in [0.2, 0.25) is 0 Å². The van der Waals surface area contributed by atoms with Gasteiger partial charge in [-0.15, -0.1) is 0 Å². The van der Waals surface area contributed by atoms with Crippen molar-refractivity contribution in [2.75, 3.05) is 12.9 Å². The van der Waals surface area contributed by atoms with Crippen LogP contribution in [-0.4, -0.2) is 56.5 Å². The van der Waals surface area contributed by atoms with Crippen LogP contribution in [0.25, 0.3) is 11.1 Å². The molecule has 2 aromatic heterocycles. The fourth-order valence-corrected chi connectivity index (χ4v) is 4.73. The summed E-state index contributed by atoms with van der Waals surface area (Å²) < 4.78 is 31.0. The summed E-state index contributed by atoms with van der Waals surface area (Å²) in [4.78, 5) is 28.6. The predicted octanol–water partition coefficient (Wildman–Crippen LogP) is 2.58. The van der Waals surface area contributed by atoms with Crippen molar-refractivity contribution < 1.29 is 23.2 Å². The van der Waals surface area contributed by atoms with Crippen molar-refractivity contribution in [3.63, 3.8) is 0 Å². The summed E-state index contributed by atoms with van der Waals surface area (Å²) in [5, 5.41) is 13.4. The molecule has 2 N–H and O–H groups in total. The van der Waals surface area contributed by atoms with Crippen LogP contribution in [0.15, 0.2) is 47.9 Å². The SMILES string of the molecule is CC(CCn1ccc(-c2ccc(OCCCn3cncn3)c(Cl)c2Cl)cc1=O)(C(=O)NO)S(C)(=O)=O. The Kier molecular flexibility index (Phi) is 8.77. The lowest BCUT2D eigenvalue weighted by Gasteiger charge is -2.25. The minimum atomic E-state index is -3.88. The number of sulfone groups is 1. The number of benzene rings is 1. The summed E-state index contributed by atoms with van der Waals surface area (Å²) in [6.45, 7) is 2.12. The quantitative estimate of drug-likeness (QED) is 0.208. The van der Waals surface area contributed by atoms with Crippen molar-refractivity contribution in [2.24, 2.45) is 0 Å². The van der Waals surface area contributed by atoms with Gasteiger partial charge in [0.1, 0.15) is 23.4 Å². The molecule has 0 bridgehead atoms. The summed E-state index contributed by atoms with van der Waals surface area (Å²) in [6, 6.07) is 6.31. The lowest BCUT2D eigenvalue weighted by Crippen LogP contribution is -2.49. The Balaban J connectivity index is 1.72. The number of nitrogens with one attached hydrogen (secondary N) is 1. The van der Waals surface area contributed by atoms with Crippen LogP contribution in [-0.2, 0) is 27.7 Å². The van der Waals surface area contributed by atoms with Gasteiger partial charge in [0.15, 0.2) is 14.6 Å². The van der Waals surface area contributed by atoms with Gasteiger partial charge in [-0.3, -0.25) is 19.5 Å². The molecule has 0 aliphatic heterocycles. The normalized spacial score (nSPS) is 13.2. The number of hydroxylamine groups is 1. The highest BCUT2D eigenvalue weighted by Gasteiger charge is 2.43. The Morgan fingerprint density at radius 3 is 2.58 bits per heavy atom. The summed E-state index contributed by atoms with van der Waals surface area (Å²) in [5.41, 5.74) is 1.96. The van der Waals surface area contributed by atoms with E-state index in [1.54, 1.807) is 29.2 Å². The largest absolute Gasteiger partial charge is 0.492 e. The van der Waals surface area contributed by atoms with Crippen molar-refractivity contribution in [3.8, 4) is 16.9 Å². The molecule has 1 atom stereocenters. The van der Waals surface area contributed by atoms with Gasteiger partial charge < -0.3 is 9.30 Å². The van der Waals surface area contributed by atoms with Gasteiger partial charge in [0, 0.05) is 43.6 Å². The third-order valence-corrected chi connectivity index (χ3v) is 8.73. The molecule has 0 aliphatic carbocycles. The molecular formula is C22H25Cl2N5O6S. The second-order valence-electron chi connectivity index (χ2n) is 8.24. The maximum atomic E-state index is 12.7. The van der Waals surface area contributed by atoms with Crippen LogP contribution in [0.3, 0.4) is 0 Å². The van der Waals surface area contributed by atoms with Crippen LogP contribution < -0.4 is 15.8 Å². The molecule has 14 heteroatoms. The van der Waals surface area contributed by atoms with Gasteiger partial charge in [-0.2, -0.15) is 5.10 Å². The first-order chi connectivity index (χ1) is 17.0. The highest BCUT2D eigenvalue weighted by molar-refractivity contribution is 7.92. The van der Waals surface area contributed by atoms with Crippen LogP contribution in [0.5, 0.6) is 5.75 Å². The standard InChI is InChI=1S/C22H25Cl2N5O6S/c1-22(21(31)27-32,36(2,33)34)7-10-28-9-6-15(12-18(28)30)16-4-5-17(20(24)19(16)23)35-11-3-8-29-14-25-13-26-29/h4-6,9,12-14,32H,3,7-8,10-11H2,1-2H3,(H,27,31). The molecule has 2 heterocycles. The van der Waals surface area contributed by atoms with E-state index in [1.165, 1.54) is 35.6 Å². The number of pyridine rings is 1. The number of amides is 1. The first-order valence-electron chi connectivity index (χ1n) is 10.8. The first-order valence-corrected chi connectivity index (χ1v) is 13.4. The highest BCUT2D eigenvalue weighted by Crippen LogP contribution is 2.39. The molecule has 0 saturated heterocycles. The van der Waals surface area contributed by atoms with E-state index in [-0.39, 0.29) is 23.0 Å². The molecule has 3 rings (SSSR count). The second kappa shape index (κ2) is 11.4. The van der Waals surface area contributed by atoms with E-state index >= 15 is 0 Å². The molecule has 11 nitrogen and oxygen atoms in total. The average Bonchev–Trinajstić information content (AvgIpc) is 3.35. The minimum absolute atomic E-state index is 0.0774. The van der Waals surface area contributed by atoms with Gasteiger partial charge >= 0.3 is 0 Å². The summed E-state index contributed by atoms with van der Waals surface area (Å²) in [7, 11) is -3.88. The first kappa shape index (κ1) is 27.7. The predicted molar refractivity (Wildman–Crippen MR) is 134 cm³/mol. The number of aryl methyl sites for hydroxylation is 2. The van der Waals surface area contributed by atoms with Gasteiger partial charge in [-0.05, 0) is 37.1 Å². The maximum Gasteiger partial charge on any atom is 0.264 e. The Morgan fingerprint density at radius 1 is 1.22 bits per heavy atom. The number of hydrogen-bond donors (Lipinski definition) is 2. The van der Waals surface area contributed by atoms with Crippen LogP contribution in [0, 0.1) is 0 Å². The van der Waals surface area contributed by atoms with E-state index in [2.05, 4.69) is 10.1 Å². The van der Waals surface area contributed by atoms with E-state index in [9.17, 15) is 18.0 Å². The number of rotatable bonds is 11. The van der Waals surface area contributed by atoms with E-state index in [0.717, 1.165) is 6.26 Å². The number of aromatic nitrogens is 4. The van der Waals surface area contributed by atoms with Crippen molar-refractivity contribution >= 4 is 38.9 Å². The molecule has 0 spiro atoms. The lowest BCUT2D eigenvalue weighted by molar-refractivity contribution is -0.131. The van der Waals surface area contributed by atoms with Gasteiger partial charge in [-0.25, -0.2) is 18.9 Å². The third-order valence-electron chi connectivity index (χ3n) is 5.84. The Morgan fingerprint density at radius 2 is 1.97 bits per heavy atom. The molecule has 1 unspecified atom stereocenters. The number of hydrogen-bond acceptors (Lipinski definition) is 8. The fourth-order valence-electron chi connectivity index (χ4n) is 3.40. The highest BCUT2D eigenvalue weighted by atomic mass is 35.5. The van der Waals surface area contributed by atoms with Crippen molar-refractivity contribution in [2.45, 2.75) is 37.6 Å². The number of nitrogens with zero attached hydrogens (tertiary/aromatic N) is 4. The topological polar surface area (TPSA) is 145 Å². The van der Waals surface area contributed by atoms with Crippen molar-refractivity contribution in [3.05, 3.63) is 63.5 Å². The Bertz CT molecular complexity index is 1390. The van der Waals surface area contributed by atoms with Crippen LogP contribution in [0.1, 0.15) is 19.8 Å². The number of halogens is 2. The minimum Gasteiger partial charge on any atom is -0.492 e. The fraction of sp³-hybridized carbons (Fsp3) is 0.364. The Hall–Kier alpha value is -2.93.